The van der Waals surface area contributed by atoms with Gasteiger partial charge in [-0.15, -0.1) is 0 Å². The molecule has 216 valence electrons. The fourth-order valence-corrected chi connectivity index (χ4v) is 8.07. The molecule has 46 heavy (non-hydrogen) atoms. The molecule has 3 aromatic heterocycles. The second-order valence-electron chi connectivity index (χ2n) is 11.9. The van der Waals surface area contributed by atoms with Crippen LogP contribution in [0.15, 0.2) is 162 Å². The largest absolute Gasteiger partial charge is 0.308 e. The van der Waals surface area contributed by atoms with Gasteiger partial charge in [0, 0.05) is 53.9 Å². The third-order valence-corrected chi connectivity index (χ3v) is 9.93. The van der Waals surface area contributed by atoms with Crippen molar-refractivity contribution < 1.29 is 0 Å². The third-order valence-electron chi connectivity index (χ3n) is 9.43. The molecule has 0 amide bonds. The van der Waals surface area contributed by atoms with Gasteiger partial charge < -0.3 is 13.7 Å². The van der Waals surface area contributed by atoms with Crippen molar-refractivity contribution in [2.75, 3.05) is 0 Å². The first kappa shape index (κ1) is 25.7. The lowest BCUT2D eigenvalue weighted by molar-refractivity contribution is 1.17. The van der Waals surface area contributed by atoms with Crippen LogP contribution in [-0.2, 0) is 0 Å². The molecule has 10 aromatic rings. The van der Waals surface area contributed by atoms with Crippen molar-refractivity contribution >= 4 is 81.3 Å². The van der Waals surface area contributed by atoms with Gasteiger partial charge >= 0.3 is 0 Å². The van der Waals surface area contributed by atoms with E-state index in [1.807, 2.05) is 0 Å². The average molecular weight is 653 g/mol. The Morgan fingerprint density at radius 3 is 1.11 bits per heavy atom. The maximum absolute atomic E-state index is 3.85. The number of nitrogens with zero attached hydrogens (tertiary/aromatic N) is 3. The van der Waals surface area contributed by atoms with Crippen LogP contribution in [-0.4, -0.2) is 13.7 Å². The Bertz CT molecular complexity index is 2750. The molecule has 0 radical (unpaired) electrons. The summed E-state index contributed by atoms with van der Waals surface area (Å²) in [7, 11) is 0. The highest BCUT2D eigenvalue weighted by atomic mass is 79.9. The highest BCUT2D eigenvalue weighted by Crippen LogP contribution is 2.50. The molecule has 3 nitrogen and oxygen atoms in total. The Morgan fingerprint density at radius 2 is 0.674 bits per heavy atom. The summed E-state index contributed by atoms with van der Waals surface area (Å²) in [6.07, 6.45) is 0. The van der Waals surface area contributed by atoms with Crippen molar-refractivity contribution in [3.05, 3.63) is 162 Å². The monoisotopic (exact) mass is 651 g/mol. The van der Waals surface area contributed by atoms with E-state index in [0.717, 1.165) is 21.5 Å². The SMILES string of the molecule is Brc1ccc2c(c1)c1c3c(c4ccccc4n3-c3ccccc3)c3c(c4ccccc4n3-c3ccccc3)c1n2-c1ccccc1. The van der Waals surface area contributed by atoms with E-state index in [-0.39, 0.29) is 0 Å². The van der Waals surface area contributed by atoms with Gasteiger partial charge in [0.15, 0.2) is 0 Å². The van der Waals surface area contributed by atoms with Crippen LogP contribution in [0, 0.1) is 0 Å². The van der Waals surface area contributed by atoms with Gasteiger partial charge in [0.2, 0.25) is 0 Å². The van der Waals surface area contributed by atoms with E-state index in [9.17, 15) is 0 Å². The highest BCUT2D eigenvalue weighted by Gasteiger charge is 2.28. The van der Waals surface area contributed by atoms with E-state index in [1.165, 1.54) is 65.4 Å². The van der Waals surface area contributed by atoms with Gasteiger partial charge in [-0.25, -0.2) is 0 Å². The zero-order valence-electron chi connectivity index (χ0n) is 24.7. The first-order valence-corrected chi connectivity index (χ1v) is 16.4. The number of halogens is 1. The number of aromatic nitrogens is 3. The molecule has 0 saturated heterocycles. The van der Waals surface area contributed by atoms with E-state index in [2.05, 4.69) is 187 Å². The van der Waals surface area contributed by atoms with Crippen molar-refractivity contribution in [2.45, 2.75) is 0 Å². The van der Waals surface area contributed by atoms with Crippen LogP contribution in [0.25, 0.3) is 82.5 Å². The number of hydrogen-bond donors (Lipinski definition) is 0. The molecular formula is C42H26BrN3. The minimum absolute atomic E-state index is 1.06. The average Bonchev–Trinajstić information content (AvgIpc) is 3.75. The van der Waals surface area contributed by atoms with Gasteiger partial charge in [-0.3, -0.25) is 0 Å². The van der Waals surface area contributed by atoms with E-state index in [0.29, 0.717) is 0 Å². The maximum Gasteiger partial charge on any atom is 0.0663 e. The summed E-state index contributed by atoms with van der Waals surface area (Å²) in [6, 6.07) is 56.9. The van der Waals surface area contributed by atoms with Gasteiger partial charge in [0.1, 0.15) is 0 Å². The maximum atomic E-state index is 3.85. The van der Waals surface area contributed by atoms with Crippen LogP contribution < -0.4 is 0 Å². The first-order valence-electron chi connectivity index (χ1n) is 15.6. The topological polar surface area (TPSA) is 14.8 Å². The van der Waals surface area contributed by atoms with Crippen molar-refractivity contribution in [2.24, 2.45) is 0 Å². The molecule has 0 spiro atoms. The zero-order chi connectivity index (χ0) is 30.4. The van der Waals surface area contributed by atoms with Crippen LogP contribution in [0.5, 0.6) is 0 Å². The Balaban J connectivity index is 1.63. The summed E-state index contributed by atoms with van der Waals surface area (Å²) in [5, 5.41) is 7.46. The number of benzene rings is 7. The standard InChI is InChI=1S/C42H26BrN3/c43-27-24-25-36-33(26-27)39-41-37(32-21-11-13-23-35(32)45(41)29-16-6-2-7-17-29)40-38(42(39)46(36)30-18-8-3-9-19-30)31-20-10-12-22-34(31)44(40)28-14-4-1-5-15-28/h1-26H. The third kappa shape index (κ3) is 3.42. The summed E-state index contributed by atoms with van der Waals surface area (Å²) in [6.45, 7) is 0. The minimum Gasteiger partial charge on any atom is -0.308 e. The van der Waals surface area contributed by atoms with Crippen LogP contribution in [0.2, 0.25) is 0 Å². The smallest absolute Gasteiger partial charge is 0.0663 e. The molecule has 3 heterocycles. The fourth-order valence-electron chi connectivity index (χ4n) is 7.71. The number of rotatable bonds is 3. The van der Waals surface area contributed by atoms with Crippen LogP contribution in [0.1, 0.15) is 0 Å². The molecule has 0 N–H and O–H groups in total. The van der Waals surface area contributed by atoms with Gasteiger partial charge in [0.25, 0.3) is 0 Å². The number of hydrogen-bond acceptors (Lipinski definition) is 0. The molecule has 0 aliphatic carbocycles. The quantitative estimate of drug-likeness (QED) is 0.180. The Labute approximate surface area is 273 Å². The second-order valence-corrected chi connectivity index (χ2v) is 12.8. The minimum atomic E-state index is 1.06. The predicted molar refractivity (Wildman–Crippen MR) is 197 cm³/mol. The van der Waals surface area contributed by atoms with Crippen molar-refractivity contribution in [1.82, 2.24) is 13.7 Å². The molecule has 0 atom stereocenters. The predicted octanol–water partition coefficient (Wildman–Crippen LogP) is 11.7. The van der Waals surface area contributed by atoms with E-state index >= 15 is 0 Å². The summed E-state index contributed by atoms with van der Waals surface area (Å²) >= 11 is 3.85. The Kier molecular flexibility index (Phi) is 5.43. The fraction of sp³-hybridized carbons (Fsp3) is 0. The molecule has 0 aliphatic heterocycles. The van der Waals surface area contributed by atoms with Crippen molar-refractivity contribution in [1.29, 1.82) is 0 Å². The molecule has 0 unspecified atom stereocenters. The van der Waals surface area contributed by atoms with Gasteiger partial charge in [-0.1, -0.05) is 107 Å². The lowest BCUT2D eigenvalue weighted by atomic mass is 10.0. The molecule has 0 fully saturated rings. The van der Waals surface area contributed by atoms with Crippen molar-refractivity contribution in [3.8, 4) is 17.1 Å². The van der Waals surface area contributed by atoms with E-state index in [1.54, 1.807) is 0 Å². The lowest BCUT2D eigenvalue weighted by Crippen LogP contribution is -1.97. The molecule has 0 aliphatic rings. The summed E-state index contributed by atoms with van der Waals surface area (Å²) in [5.41, 5.74) is 10.7. The molecule has 0 saturated carbocycles. The van der Waals surface area contributed by atoms with Gasteiger partial charge in [0.05, 0.1) is 33.1 Å². The van der Waals surface area contributed by atoms with E-state index < -0.39 is 0 Å². The number of para-hydroxylation sites is 5. The van der Waals surface area contributed by atoms with Gasteiger partial charge in [-0.05, 0) is 66.7 Å². The molecule has 7 aromatic carbocycles. The summed E-state index contributed by atoms with van der Waals surface area (Å²) in [4.78, 5) is 0. The van der Waals surface area contributed by atoms with E-state index in [4.69, 9.17) is 0 Å². The van der Waals surface area contributed by atoms with Crippen LogP contribution >= 0.6 is 15.9 Å². The molecular weight excluding hydrogens is 626 g/mol. The summed E-state index contributed by atoms with van der Waals surface area (Å²) in [5.74, 6) is 0. The molecule has 10 rings (SSSR count). The second kappa shape index (κ2) is 9.71. The molecule has 4 heteroatoms. The first-order chi connectivity index (χ1) is 22.8. The molecule has 0 bridgehead atoms. The lowest BCUT2D eigenvalue weighted by Gasteiger charge is -2.13. The highest BCUT2D eigenvalue weighted by molar-refractivity contribution is 9.10. The van der Waals surface area contributed by atoms with Crippen LogP contribution in [0.4, 0.5) is 0 Å². The van der Waals surface area contributed by atoms with Gasteiger partial charge in [-0.2, -0.15) is 0 Å². The number of fused-ring (bicyclic) bond motifs is 12. The normalized spacial score (nSPS) is 12.0. The Hall–Kier alpha value is -5.58. The zero-order valence-corrected chi connectivity index (χ0v) is 26.3. The Morgan fingerprint density at radius 1 is 0.326 bits per heavy atom. The van der Waals surface area contributed by atoms with Crippen molar-refractivity contribution in [3.63, 3.8) is 0 Å². The van der Waals surface area contributed by atoms with Crippen LogP contribution in [0.3, 0.4) is 0 Å². The summed E-state index contributed by atoms with van der Waals surface area (Å²) < 4.78 is 8.51.